The Bertz CT molecular complexity index is 659. The number of ether oxygens (including phenoxy) is 1. The van der Waals surface area contributed by atoms with Crippen LogP contribution >= 0.6 is 0 Å². The second-order valence-corrected chi connectivity index (χ2v) is 6.13. The number of benzene rings is 1. The van der Waals surface area contributed by atoms with Gasteiger partial charge in [-0.25, -0.2) is 0 Å². The van der Waals surface area contributed by atoms with Crippen molar-refractivity contribution >= 4 is 11.6 Å². The van der Waals surface area contributed by atoms with E-state index in [4.69, 9.17) is 0 Å². The average Bonchev–Trinajstić information content (AvgIpc) is 2.59. The van der Waals surface area contributed by atoms with Gasteiger partial charge in [0.1, 0.15) is 11.3 Å². The molecule has 1 heterocycles. The molecule has 1 saturated heterocycles. The van der Waals surface area contributed by atoms with Gasteiger partial charge in [0.2, 0.25) is 0 Å². The number of carbonyl (C=O) groups is 1. The summed E-state index contributed by atoms with van der Waals surface area (Å²) in [4.78, 5) is 24.6. The maximum absolute atomic E-state index is 12.7. The van der Waals surface area contributed by atoms with Crippen molar-refractivity contribution in [1.82, 2.24) is 10.2 Å². The number of carbonyl (C=O) groups excluding carboxylic acids is 1. The van der Waals surface area contributed by atoms with Crippen LogP contribution in [0.5, 0.6) is 5.75 Å². The third kappa shape index (κ3) is 5.32. The van der Waals surface area contributed by atoms with Crippen molar-refractivity contribution in [3.63, 3.8) is 0 Å². The number of nitrogens with zero attached hydrogens (tertiary/aromatic N) is 2. The van der Waals surface area contributed by atoms with Gasteiger partial charge in [-0.3, -0.25) is 14.9 Å². The summed E-state index contributed by atoms with van der Waals surface area (Å²) in [5.74, 6) is -0.390. The van der Waals surface area contributed by atoms with E-state index in [1.165, 1.54) is 4.90 Å². The molecule has 0 atom stereocenters. The molecule has 1 fully saturated rings. The molecule has 0 bridgehead atoms. The summed E-state index contributed by atoms with van der Waals surface area (Å²) in [5, 5.41) is 14.3. The molecule has 1 N–H and O–H groups in total. The average molecular weight is 375 g/mol. The fourth-order valence-corrected chi connectivity index (χ4v) is 2.90. The summed E-state index contributed by atoms with van der Waals surface area (Å²) in [5.41, 5.74) is -0.714. The number of rotatable bonds is 6. The Balaban J connectivity index is 2.17. The second-order valence-electron chi connectivity index (χ2n) is 6.13. The van der Waals surface area contributed by atoms with Gasteiger partial charge < -0.3 is 15.0 Å². The number of nitro groups is 1. The van der Waals surface area contributed by atoms with Crippen molar-refractivity contribution < 1.29 is 27.6 Å². The van der Waals surface area contributed by atoms with Crippen LogP contribution in [0.1, 0.15) is 23.2 Å². The van der Waals surface area contributed by atoms with Crippen LogP contribution in [0.25, 0.3) is 0 Å². The first-order chi connectivity index (χ1) is 12.2. The Morgan fingerprint density at radius 2 is 2.04 bits per heavy atom. The number of alkyl halides is 3. The zero-order valence-corrected chi connectivity index (χ0v) is 14.2. The number of hydrogen-bond donors (Lipinski definition) is 1. The van der Waals surface area contributed by atoms with Crippen LogP contribution in [-0.4, -0.2) is 55.2 Å². The molecule has 26 heavy (non-hydrogen) atoms. The lowest BCUT2D eigenvalue weighted by atomic mass is 9.96. The van der Waals surface area contributed by atoms with Crippen molar-refractivity contribution in [3.05, 3.63) is 33.9 Å². The molecule has 0 aromatic heterocycles. The van der Waals surface area contributed by atoms with Gasteiger partial charge in [-0.1, -0.05) is 0 Å². The van der Waals surface area contributed by atoms with Crippen LogP contribution in [-0.2, 0) is 0 Å². The Hall–Kier alpha value is -2.36. The number of piperidine rings is 1. The van der Waals surface area contributed by atoms with E-state index in [1.807, 2.05) is 7.05 Å². The third-order valence-electron chi connectivity index (χ3n) is 4.19. The molecule has 0 spiro atoms. The topological polar surface area (TPSA) is 84.7 Å². The van der Waals surface area contributed by atoms with Crippen molar-refractivity contribution in [1.29, 1.82) is 0 Å². The van der Waals surface area contributed by atoms with Gasteiger partial charge in [0, 0.05) is 19.2 Å². The zero-order valence-electron chi connectivity index (χ0n) is 14.2. The molecule has 1 aliphatic heterocycles. The zero-order chi connectivity index (χ0) is 19.3. The second kappa shape index (κ2) is 8.35. The summed E-state index contributed by atoms with van der Waals surface area (Å²) in [7, 11) is 1.84. The minimum absolute atomic E-state index is 0.235. The number of amides is 1. The highest BCUT2D eigenvalue weighted by molar-refractivity contribution is 5.98. The largest absolute Gasteiger partial charge is 0.484 e. The van der Waals surface area contributed by atoms with Gasteiger partial charge in [0.15, 0.2) is 6.61 Å². The van der Waals surface area contributed by atoms with E-state index >= 15 is 0 Å². The molecule has 10 heteroatoms. The van der Waals surface area contributed by atoms with E-state index in [-0.39, 0.29) is 11.3 Å². The van der Waals surface area contributed by atoms with Crippen molar-refractivity contribution in [3.8, 4) is 5.75 Å². The van der Waals surface area contributed by atoms with Crippen LogP contribution in [0.15, 0.2) is 18.2 Å². The molecule has 1 aromatic carbocycles. The number of likely N-dealkylation sites (tertiary alicyclic amines) is 1. The highest BCUT2D eigenvalue weighted by atomic mass is 19.4. The minimum atomic E-state index is -4.54. The first kappa shape index (κ1) is 20.0. The first-order valence-electron chi connectivity index (χ1n) is 8.13. The van der Waals surface area contributed by atoms with Gasteiger partial charge in [-0.15, -0.1) is 0 Å². The maximum Gasteiger partial charge on any atom is 0.422 e. The highest BCUT2D eigenvalue weighted by Crippen LogP contribution is 2.28. The summed E-state index contributed by atoms with van der Waals surface area (Å²) >= 11 is 0. The van der Waals surface area contributed by atoms with E-state index in [1.54, 1.807) is 0 Å². The summed E-state index contributed by atoms with van der Waals surface area (Å²) < 4.78 is 41.5. The molecule has 2 rings (SSSR count). The first-order valence-corrected chi connectivity index (χ1v) is 8.13. The van der Waals surface area contributed by atoms with Crippen LogP contribution < -0.4 is 10.1 Å². The van der Waals surface area contributed by atoms with Gasteiger partial charge in [0.25, 0.3) is 11.6 Å². The van der Waals surface area contributed by atoms with Crippen molar-refractivity contribution in [2.24, 2.45) is 5.92 Å². The predicted molar refractivity (Wildman–Crippen MR) is 87.2 cm³/mol. The lowest BCUT2D eigenvalue weighted by Crippen LogP contribution is -2.40. The van der Waals surface area contributed by atoms with E-state index in [0.29, 0.717) is 19.0 Å². The van der Waals surface area contributed by atoms with E-state index in [0.717, 1.165) is 37.6 Å². The van der Waals surface area contributed by atoms with Gasteiger partial charge in [0.05, 0.1) is 4.92 Å². The molecular weight excluding hydrogens is 355 g/mol. The SMILES string of the molecule is CNCC1CCN(C(=O)c2cc(OCC(F)(F)F)ccc2[N+](=O)[O-])CC1. The molecule has 1 aromatic rings. The van der Waals surface area contributed by atoms with Gasteiger partial charge in [-0.2, -0.15) is 13.2 Å². The molecule has 0 saturated carbocycles. The third-order valence-corrected chi connectivity index (χ3v) is 4.19. The van der Waals surface area contributed by atoms with E-state index in [2.05, 4.69) is 10.1 Å². The van der Waals surface area contributed by atoms with E-state index in [9.17, 15) is 28.1 Å². The highest BCUT2D eigenvalue weighted by Gasteiger charge is 2.31. The van der Waals surface area contributed by atoms with Gasteiger partial charge >= 0.3 is 6.18 Å². The fraction of sp³-hybridized carbons (Fsp3) is 0.562. The summed E-state index contributed by atoms with van der Waals surface area (Å²) in [6, 6.07) is 3.05. The standard InChI is InChI=1S/C16H20F3N3O4/c1-20-9-11-4-6-21(7-5-11)15(23)13-8-12(26-10-16(17,18)19)2-3-14(13)22(24)25/h2-3,8,11,20H,4-7,9-10H2,1H3. The maximum atomic E-state index is 12.7. The quantitative estimate of drug-likeness (QED) is 0.610. The van der Waals surface area contributed by atoms with Gasteiger partial charge in [-0.05, 0) is 44.5 Å². The molecule has 0 unspecified atom stereocenters. The predicted octanol–water partition coefficient (Wildman–Crippen LogP) is 2.61. The molecule has 1 amide bonds. The summed E-state index contributed by atoms with van der Waals surface area (Å²) in [6.07, 6.45) is -3.03. The number of hydrogen-bond acceptors (Lipinski definition) is 5. The minimum Gasteiger partial charge on any atom is -0.484 e. The Morgan fingerprint density at radius 3 is 2.58 bits per heavy atom. The van der Waals surface area contributed by atoms with E-state index < -0.39 is 29.3 Å². The monoisotopic (exact) mass is 375 g/mol. The Labute approximate surface area is 148 Å². The van der Waals surface area contributed by atoms with Crippen LogP contribution in [0.4, 0.5) is 18.9 Å². The van der Waals surface area contributed by atoms with Crippen LogP contribution in [0.2, 0.25) is 0 Å². The Kier molecular flexibility index (Phi) is 6.41. The number of nitrogens with one attached hydrogen (secondary N) is 1. The van der Waals surface area contributed by atoms with Crippen LogP contribution in [0, 0.1) is 16.0 Å². The van der Waals surface area contributed by atoms with Crippen molar-refractivity contribution in [2.45, 2.75) is 19.0 Å². The van der Waals surface area contributed by atoms with Crippen molar-refractivity contribution in [2.75, 3.05) is 33.3 Å². The molecule has 7 nitrogen and oxygen atoms in total. The lowest BCUT2D eigenvalue weighted by Gasteiger charge is -2.32. The molecule has 1 aliphatic rings. The van der Waals surface area contributed by atoms with Crippen LogP contribution in [0.3, 0.4) is 0 Å². The molecular formula is C16H20F3N3O4. The summed E-state index contributed by atoms with van der Waals surface area (Å²) in [6.45, 7) is 0.169. The number of nitro benzene ring substituents is 1. The molecule has 144 valence electrons. The molecule has 0 radical (unpaired) electrons. The molecule has 0 aliphatic carbocycles. The smallest absolute Gasteiger partial charge is 0.422 e. The normalized spacial score (nSPS) is 15.8. The Morgan fingerprint density at radius 1 is 1.38 bits per heavy atom. The number of halogens is 3. The lowest BCUT2D eigenvalue weighted by molar-refractivity contribution is -0.385. The fourth-order valence-electron chi connectivity index (χ4n) is 2.90.